The molecule has 0 radical (unpaired) electrons. The lowest BCUT2D eigenvalue weighted by molar-refractivity contribution is 0.0696. The number of aromatic carboxylic acids is 1. The molecule has 20 heavy (non-hydrogen) atoms. The maximum Gasteiger partial charge on any atom is 0.335 e. The average Bonchev–Trinajstić information content (AvgIpc) is 2.73. The number of aryl methyl sites for hydroxylation is 1. The molecule has 0 amide bonds. The van der Waals surface area contributed by atoms with E-state index in [1.54, 1.807) is 7.05 Å². The Hall–Kier alpha value is -2.29. The number of carbonyl (C=O) groups is 1. The third kappa shape index (κ3) is 2.82. The Labute approximate surface area is 113 Å². The highest BCUT2D eigenvalue weighted by Crippen LogP contribution is 2.20. The number of carboxylic acid groups (broad SMARTS) is 1. The first-order valence-electron chi connectivity index (χ1n) is 5.40. The molecule has 2 rings (SSSR count). The standard InChI is InChI=1S/C11H10FN3O4S/c1-15-5-8(13-14-15)6-20(18,19)10-4-7(11(16)17)2-3-9(10)12/h2-5H,6H2,1H3,(H,16,17). The topological polar surface area (TPSA) is 102 Å². The second-order valence-electron chi connectivity index (χ2n) is 4.09. The fourth-order valence-corrected chi connectivity index (χ4v) is 2.96. The summed E-state index contributed by atoms with van der Waals surface area (Å²) < 4.78 is 39.1. The van der Waals surface area contributed by atoms with E-state index in [4.69, 9.17) is 5.11 Å². The first-order valence-corrected chi connectivity index (χ1v) is 7.05. The highest BCUT2D eigenvalue weighted by molar-refractivity contribution is 7.90. The fraction of sp³-hybridized carbons (Fsp3) is 0.182. The fourth-order valence-electron chi connectivity index (χ4n) is 1.61. The van der Waals surface area contributed by atoms with Gasteiger partial charge in [-0.2, -0.15) is 0 Å². The van der Waals surface area contributed by atoms with Gasteiger partial charge in [-0.25, -0.2) is 17.6 Å². The lowest BCUT2D eigenvalue weighted by atomic mass is 10.2. The highest BCUT2D eigenvalue weighted by atomic mass is 32.2. The summed E-state index contributed by atoms with van der Waals surface area (Å²) in [5, 5.41) is 16.0. The van der Waals surface area contributed by atoms with Gasteiger partial charge in [0.2, 0.25) is 0 Å². The monoisotopic (exact) mass is 299 g/mol. The van der Waals surface area contributed by atoms with Crippen molar-refractivity contribution in [2.24, 2.45) is 7.05 Å². The third-order valence-electron chi connectivity index (χ3n) is 2.50. The number of rotatable bonds is 4. The Balaban J connectivity index is 2.43. The lowest BCUT2D eigenvalue weighted by Gasteiger charge is -2.05. The van der Waals surface area contributed by atoms with Crippen LogP contribution in [0.25, 0.3) is 0 Å². The zero-order valence-corrected chi connectivity index (χ0v) is 11.1. The van der Waals surface area contributed by atoms with Gasteiger partial charge in [0.15, 0.2) is 9.84 Å². The Bertz CT molecular complexity index is 770. The summed E-state index contributed by atoms with van der Waals surface area (Å²) in [7, 11) is -2.48. The van der Waals surface area contributed by atoms with Gasteiger partial charge < -0.3 is 5.11 Å². The molecule has 7 nitrogen and oxygen atoms in total. The first-order chi connectivity index (χ1) is 9.29. The highest BCUT2D eigenvalue weighted by Gasteiger charge is 2.23. The maximum atomic E-state index is 13.6. The predicted molar refractivity (Wildman–Crippen MR) is 65.3 cm³/mol. The van der Waals surface area contributed by atoms with E-state index < -0.39 is 32.3 Å². The van der Waals surface area contributed by atoms with E-state index in [-0.39, 0.29) is 11.3 Å². The van der Waals surface area contributed by atoms with Crippen molar-refractivity contribution in [3.8, 4) is 0 Å². The number of hydrogen-bond donors (Lipinski definition) is 1. The Kier molecular flexibility index (Phi) is 3.53. The Morgan fingerprint density at radius 1 is 1.45 bits per heavy atom. The van der Waals surface area contributed by atoms with Gasteiger partial charge in [-0.05, 0) is 18.2 Å². The largest absolute Gasteiger partial charge is 0.478 e. The molecule has 1 heterocycles. The zero-order valence-electron chi connectivity index (χ0n) is 10.3. The summed E-state index contributed by atoms with van der Waals surface area (Å²) in [5.74, 6) is -2.89. The molecular weight excluding hydrogens is 289 g/mol. The van der Waals surface area contributed by atoms with Crippen LogP contribution in [0.3, 0.4) is 0 Å². The van der Waals surface area contributed by atoms with Crippen LogP contribution in [0, 0.1) is 5.82 Å². The molecule has 0 spiro atoms. The van der Waals surface area contributed by atoms with Crippen LogP contribution >= 0.6 is 0 Å². The number of nitrogens with zero attached hydrogens (tertiary/aromatic N) is 3. The second-order valence-corrected chi connectivity index (χ2v) is 6.05. The number of benzene rings is 1. The minimum Gasteiger partial charge on any atom is -0.478 e. The molecule has 9 heteroatoms. The van der Waals surface area contributed by atoms with Gasteiger partial charge >= 0.3 is 5.97 Å². The van der Waals surface area contributed by atoms with Crippen molar-refractivity contribution in [3.63, 3.8) is 0 Å². The number of carboxylic acids is 1. The van der Waals surface area contributed by atoms with Crippen molar-refractivity contribution in [2.75, 3.05) is 0 Å². The summed E-state index contributed by atoms with van der Waals surface area (Å²) in [6, 6.07) is 2.61. The van der Waals surface area contributed by atoms with Gasteiger partial charge in [-0.1, -0.05) is 5.21 Å². The molecule has 0 aliphatic heterocycles. The van der Waals surface area contributed by atoms with Crippen LogP contribution in [-0.4, -0.2) is 34.5 Å². The third-order valence-corrected chi connectivity index (χ3v) is 4.16. The SMILES string of the molecule is Cn1cc(CS(=O)(=O)c2cc(C(=O)O)ccc2F)nn1. The minimum absolute atomic E-state index is 0.146. The van der Waals surface area contributed by atoms with Crippen molar-refractivity contribution in [2.45, 2.75) is 10.6 Å². The van der Waals surface area contributed by atoms with Gasteiger partial charge in [0.1, 0.15) is 16.5 Å². The first kappa shape index (κ1) is 14.1. The quantitative estimate of drug-likeness (QED) is 0.888. The second kappa shape index (κ2) is 5.00. The van der Waals surface area contributed by atoms with Crippen LogP contribution in [0.5, 0.6) is 0 Å². The zero-order chi connectivity index (χ0) is 14.9. The molecule has 0 atom stereocenters. The average molecular weight is 299 g/mol. The van der Waals surface area contributed by atoms with Crippen molar-refractivity contribution in [1.82, 2.24) is 15.0 Å². The van der Waals surface area contributed by atoms with Gasteiger partial charge in [0, 0.05) is 13.2 Å². The van der Waals surface area contributed by atoms with Crippen molar-refractivity contribution in [1.29, 1.82) is 0 Å². The van der Waals surface area contributed by atoms with E-state index in [1.165, 1.54) is 10.9 Å². The van der Waals surface area contributed by atoms with Crippen LogP contribution in [0.4, 0.5) is 4.39 Å². The Morgan fingerprint density at radius 2 is 2.15 bits per heavy atom. The minimum atomic E-state index is -4.04. The molecule has 0 saturated carbocycles. The van der Waals surface area contributed by atoms with Gasteiger partial charge in [-0.15, -0.1) is 5.10 Å². The van der Waals surface area contributed by atoms with Crippen molar-refractivity contribution >= 4 is 15.8 Å². The van der Waals surface area contributed by atoms with E-state index in [1.807, 2.05) is 0 Å². The van der Waals surface area contributed by atoms with E-state index >= 15 is 0 Å². The number of aromatic nitrogens is 3. The number of hydrogen-bond acceptors (Lipinski definition) is 5. The Morgan fingerprint density at radius 3 is 2.70 bits per heavy atom. The molecule has 0 saturated heterocycles. The van der Waals surface area contributed by atoms with Crippen LogP contribution in [-0.2, 0) is 22.6 Å². The van der Waals surface area contributed by atoms with E-state index in [0.29, 0.717) is 0 Å². The molecule has 0 aliphatic carbocycles. The van der Waals surface area contributed by atoms with Crippen LogP contribution in [0.15, 0.2) is 29.3 Å². The van der Waals surface area contributed by atoms with E-state index in [0.717, 1.165) is 18.2 Å². The van der Waals surface area contributed by atoms with Gasteiger partial charge in [0.05, 0.1) is 11.3 Å². The molecule has 1 aromatic heterocycles. The maximum absolute atomic E-state index is 13.6. The normalized spacial score (nSPS) is 11.5. The summed E-state index contributed by atoms with van der Waals surface area (Å²) in [6.45, 7) is 0. The number of sulfone groups is 1. The lowest BCUT2D eigenvalue weighted by Crippen LogP contribution is -2.09. The summed E-state index contributed by atoms with van der Waals surface area (Å²) >= 11 is 0. The molecule has 1 N–H and O–H groups in total. The summed E-state index contributed by atoms with van der Waals surface area (Å²) in [4.78, 5) is 10.1. The molecular formula is C11H10FN3O4S. The van der Waals surface area contributed by atoms with Gasteiger partial charge in [-0.3, -0.25) is 4.68 Å². The van der Waals surface area contributed by atoms with Crippen LogP contribution in [0.2, 0.25) is 0 Å². The van der Waals surface area contributed by atoms with Gasteiger partial charge in [0.25, 0.3) is 0 Å². The predicted octanol–water partition coefficient (Wildman–Crippen LogP) is 0.626. The molecule has 0 unspecified atom stereocenters. The van der Waals surface area contributed by atoms with Crippen molar-refractivity contribution < 1.29 is 22.7 Å². The molecule has 0 fully saturated rings. The van der Waals surface area contributed by atoms with Crippen LogP contribution < -0.4 is 0 Å². The van der Waals surface area contributed by atoms with E-state index in [2.05, 4.69) is 10.3 Å². The molecule has 1 aromatic carbocycles. The molecule has 0 bridgehead atoms. The molecule has 0 aliphatic rings. The van der Waals surface area contributed by atoms with Crippen molar-refractivity contribution in [3.05, 3.63) is 41.5 Å². The van der Waals surface area contributed by atoms with Crippen LogP contribution in [0.1, 0.15) is 16.1 Å². The molecule has 106 valence electrons. The number of halogens is 1. The summed E-state index contributed by atoms with van der Waals surface area (Å²) in [6.07, 6.45) is 1.39. The van der Waals surface area contributed by atoms with E-state index in [9.17, 15) is 17.6 Å². The summed E-state index contributed by atoms with van der Waals surface area (Å²) in [5.41, 5.74) is -0.156. The molecule has 2 aromatic rings. The smallest absolute Gasteiger partial charge is 0.335 e.